The van der Waals surface area contributed by atoms with Crippen molar-refractivity contribution in [2.75, 3.05) is 0 Å². The van der Waals surface area contributed by atoms with Gasteiger partial charge in [-0.15, -0.1) is 11.3 Å². The smallest absolute Gasteiger partial charge is 0.0813 e. The fourth-order valence-electron chi connectivity index (χ4n) is 2.07. The summed E-state index contributed by atoms with van der Waals surface area (Å²) in [6, 6.07) is 13.5. The molecule has 0 spiro atoms. The van der Waals surface area contributed by atoms with E-state index in [9.17, 15) is 0 Å². The summed E-state index contributed by atoms with van der Waals surface area (Å²) in [7, 11) is 0. The third-order valence-corrected chi connectivity index (χ3v) is 4.21. The Bertz CT molecular complexity index is 505. The quantitative estimate of drug-likeness (QED) is 0.830. The van der Waals surface area contributed by atoms with E-state index in [1.54, 1.807) is 11.3 Å². The molecule has 1 saturated carbocycles. The van der Waals surface area contributed by atoms with Gasteiger partial charge in [-0.2, -0.15) is 0 Å². The Morgan fingerprint density at radius 1 is 1.05 bits per heavy atom. The molecule has 0 saturated heterocycles. The van der Waals surface area contributed by atoms with Gasteiger partial charge in [-0.05, 0) is 35.4 Å². The highest BCUT2D eigenvalue weighted by atomic mass is 32.1. The van der Waals surface area contributed by atoms with Gasteiger partial charge in [0.1, 0.15) is 0 Å². The molecule has 0 unspecified atom stereocenters. The normalized spacial score (nSPS) is 14.7. The van der Waals surface area contributed by atoms with Crippen LogP contribution in [-0.2, 0) is 24.5 Å². The van der Waals surface area contributed by atoms with Crippen LogP contribution in [0, 0.1) is 0 Å². The fraction of sp³-hybridized carbons (Fsp3) is 0.375. The number of thiophene rings is 1. The minimum absolute atomic E-state index is 0.695. The highest BCUT2D eigenvalue weighted by Gasteiger charge is 2.20. The first-order chi connectivity index (χ1) is 9.42. The number of hydrogen-bond acceptors (Lipinski definition) is 3. The van der Waals surface area contributed by atoms with E-state index in [2.05, 4.69) is 47.1 Å². The molecule has 1 N–H and O–H groups in total. The first kappa shape index (κ1) is 12.9. The molecule has 3 rings (SSSR count). The van der Waals surface area contributed by atoms with Crippen LogP contribution in [0.15, 0.2) is 41.8 Å². The standard InChI is InChI=1S/C16H19NOS/c1-2-5-14(11-18-12-16-6-3-9-19-16)13(4-1)10-17-15-7-8-15/h1-6,9,15,17H,7-8,10-12H2. The van der Waals surface area contributed by atoms with E-state index in [0.717, 1.165) is 12.6 Å². The number of ether oxygens (including phenoxy) is 1. The zero-order valence-corrected chi connectivity index (χ0v) is 11.8. The van der Waals surface area contributed by atoms with Crippen LogP contribution in [0.3, 0.4) is 0 Å². The zero-order chi connectivity index (χ0) is 12.9. The molecule has 1 heterocycles. The number of hydrogen-bond donors (Lipinski definition) is 1. The maximum atomic E-state index is 5.81. The van der Waals surface area contributed by atoms with Gasteiger partial charge in [0.25, 0.3) is 0 Å². The Kier molecular flexibility index (Phi) is 4.28. The van der Waals surface area contributed by atoms with Gasteiger partial charge in [0, 0.05) is 17.5 Å². The molecule has 1 aliphatic rings. The monoisotopic (exact) mass is 273 g/mol. The maximum absolute atomic E-state index is 5.81. The minimum Gasteiger partial charge on any atom is -0.371 e. The average molecular weight is 273 g/mol. The highest BCUT2D eigenvalue weighted by Crippen LogP contribution is 2.20. The van der Waals surface area contributed by atoms with Gasteiger partial charge in [-0.1, -0.05) is 30.3 Å². The van der Waals surface area contributed by atoms with Crippen LogP contribution in [0.25, 0.3) is 0 Å². The molecule has 19 heavy (non-hydrogen) atoms. The van der Waals surface area contributed by atoms with Gasteiger partial charge in [0.15, 0.2) is 0 Å². The Morgan fingerprint density at radius 2 is 1.89 bits per heavy atom. The lowest BCUT2D eigenvalue weighted by molar-refractivity contribution is 0.108. The average Bonchev–Trinajstić information content (AvgIpc) is 3.13. The van der Waals surface area contributed by atoms with E-state index >= 15 is 0 Å². The molecule has 0 radical (unpaired) electrons. The molecule has 0 aliphatic heterocycles. The molecular weight excluding hydrogens is 254 g/mol. The summed E-state index contributed by atoms with van der Waals surface area (Å²) >= 11 is 1.75. The van der Waals surface area contributed by atoms with Crippen molar-refractivity contribution in [2.24, 2.45) is 0 Å². The van der Waals surface area contributed by atoms with Gasteiger partial charge in [0.2, 0.25) is 0 Å². The summed E-state index contributed by atoms with van der Waals surface area (Å²) in [4.78, 5) is 1.29. The minimum atomic E-state index is 0.695. The summed E-state index contributed by atoms with van der Waals surface area (Å²) in [5.74, 6) is 0. The van der Waals surface area contributed by atoms with Gasteiger partial charge in [-0.25, -0.2) is 0 Å². The van der Waals surface area contributed by atoms with Crippen molar-refractivity contribution < 1.29 is 4.74 Å². The maximum Gasteiger partial charge on any atom is 0.0813 e. The van der Waals surface area contributed by atoms with Gasteiger partial charge in [-0.3, -0.25) is 0 Å². The Hall–Kier alpha value is -1.16. The molecule has 2 aromatic rings. The van der Waals surface area contributed by atoms with Crippen LogP contribution in [0.2, 0.25) is 0 Å². The van der Waals surface area contributed by atoms with Crippen LogP contribution in [0.5, 0.6) is 0 Å². The third kappa shape index (κ3) is 3.90. The van der Waals surface area contributed by atoms with Crippen molar-refractivity contribution in [3.05, 3.63) is 57.8 Å². The molecule has 0 bridgehead atoms. The van der Waals surface area contributed by atoms with E-state index in [1.165, 1.54) is 28.8 Å². The fourth-order valence-corrected chi connectivity index (χ4v) is 2.71. The van der Waals surface area contributed by atoms with E-state index < -0.39 is 0 Å². The first-order valence-electron chi connectivity index (χ1n) is 6.82. The number of nitrogens with one attached hydrogen (secondary N) is 1. The Balaban J connectivity index is 1.53. The lowest BCUT2D eigenvalue weighted by Crippen LogP contribution is -2.16. The van der Waals surface area contributed by atoms with Crippen molar-refractivity contribution in [1.82, 2.24) is 5.32 Å². The van der Waals surface area contributed by atoms with Gasteiger partial charge in [0.05, 0.1) is 13.2 Å². The van der Waals surface area contributed by atoms with E-state index in [4.69, 9.17) is 4.74 Å². The van der Waals surface area contributed by atoms with Crippen LogP contribution >= 0.6 is 11.3 Å². The van der Waals surface area contributed by atoms with Gasteiger partial charge >= 0.3 is 0 Å². The highest BCUT2D eigenvalue weighted by molar-refractivity contribution is 7.09. The topological polar surface area (TPSA) is 21.3 Å². The van der Waals surface area contributed by atoms with Crippen molar-refractivity contribution in [1.29, 1.82) is 0 Å². The SMILES string of the molecule is c1csc(COCc2ccccc2CNC2CC2)c1. The first-order valence-corrected chi connectivity index (χ1v) is 7.70. The summed E-state index contributed by atoms with van der Waals surface area (Å²) in [5.41, 5.74) is 2.66. The Labute approximate surface area is 118 Å². The third-order valence-electron chi connectivity index (χ3n) is 3.36. The molecule has 1 fully saturated rings. The number of benzene rings is 1. The second kappa shape index (κ2) is 6.33. The predicted octanol–water partition coefficient (Wildman–Crippen LogP) is 3.72. The van der Waals surface area contributed by atoms with Crippen LogP contribution in [0.4, 0.5) is 0 Å². The van der Waals surface area contributed by atoms with Crippen molar-refractivity contribution in [3.63, 3.8) is 0 Å². The molecule has 100 valence electrons. The summed E-state index contributed by atoms with van der Waals surface area (Å²) in [6.45, 7) is 2.37. The Morgan fingerprint density at radius 3 is 2.63 bits per heavy atom. The van der Waals surface area contributed by atoms with Crippen molar-refractivity contribution >= 4 is 11.3 Å². The molecule has 0 atom stereocenters. The van der Waals surface area contributed by atoms with Crippen molar-refractivity contribution in [2.45, 2.75) is 38.6 Å². The molecular formula is C16H19NOS. The molecule has 3 heteroatoms. The van der Waals surface area contributed by atoms with Gasteiger partial charge < -0.3 is 10.1 Å². The van der Waals surface area contributed by atoms with E-state index in [-0.39, 0.29) is 0 Å². The molecule has 1 aromatic heterocycles. The molecule has 1 aliphatic carbocycles. The van der Waals surface area contributed by atoms with Crippen LogP contribution in [-0.4, -0.2) is 6.04 Å². The number of rotatable bonds is 7. The second-order valence-electron chi connectivity index (χ2n) is 5.00. The van der Waals surface area contributed by atoms with Crippen LogP contribution in [0.1, 0.15) is 28.8 Å². The van der Waals surface area contributed by atoms with Crippen LogP contribution < -0.4 is 5.32 Å². The summed E-state index contributed by atoms with van der Waals surface area (Å²) in [5, 5.41) is 5.65. The molecule has 2 nitrogen and oxygen atoms in total. The van der Waals surface area contributed by atoms with Crippen molar-refractivity contribution in [3.8, 4) is 0 Å². The summed E-state index contributed by atoms with van der Waals surface area (Å²) < 4.78 is 5.81. The molecule has 1 aromatic carbocycles. The summed E-state index contributed by atoms with van der Waals surface area (Å²) in [6.07, 6.45) is 2.66. The largest absolute Gasteiger partial charge is 0.371 e. The van der Waals surface area contributed by atoms with E-state index in [0.29, 0.717) is 13.2 Å². The lowest BCUT2D eigenvalue weighted by Gasteiger charge is -2.10. The second-order valence-corrected chi connectivity index (χ2v) is 6.03. The molecule has 0 amide bonds. The predicted molar refractivity (Wildman–Crippen MR) is 79.1 cm³/mol. The zero-order valence-electron chi connectivity index (χ0n) is 11.0. The lowest BCUT2D eigenvalue weighted by atomic mass is 10.1. The van der Waals surface area contributed by atoms with E-state index in [1.807, 2.05) is 0 Å².